The van der Waals surface area contributed by atoms with Gasteiger partial charge in [0.15, 0.2) is 0 Å². The lowest BCUT2D eigenvalue weighted by atomic mass is 10.0. The molecule has 124 valence electrons. The summed E-state index contributed by atoms with van der Waals surface area (Å²) in [6.45, 7) is 2.44. The molecule has 0 saturated heterocycles. The van der Waals surface area contributed by atoms with Crippen LogP contribution in [0.1, 0.15) is 33.9 Å². The molecule has 1 atom stereocenters. The molecule has 0 spiro atoms. The van der Waals surface area contributed by atoms with Gasteiger partial charge in [0.25, 0.3) is 5.91 Å². The van der Waals surface area contributed by atoms with Crippen molar-refractivity contribution in [2.24, 2.45) is 0 Å². The highest BCUT2D eigenvalue weighted by atomic mass is 32.1. The third-order valence-corrected chi connectivity index (χ3v) is 4.44. The van der Waals surface area contributed by atoms with Gasteiger partial charge in [-0.3, -0.25) is 4.79 Å². The first-order chi connectivity index (χ1) is 11.1. The summed E-state index contributed by atoms with van der Waals surface area (Å²) in [5, 5.41) is 6.97. The van der Waals surface area contributed by atoms with Gasteiger partial charge in [-0.15, -0.1) is 5.10 Å². The number of hydrogen-bond donors (Lipinski definition) is 1. The van der Waals surface area contributed by atoms with Crippen LogP contribution in [0.2, 0.25) is 0 Å². The Morgan fingerprint density at radius 2 is 2.13 bits per heavy atom. The predicted octanol–water partition coefficient (Wildman–Crippen LogP) is 2.14. The Morgan fingerprint density at radius 1 is 1.39 bits per heavy atom. The highest BCUT2D eigenvalue weighted by Gasteiger charge is 2.21. The number of para-hydroxylation sites is 1. The quantitative estimate of drug-likeness (QED) is 0.840. The zero-order chi connectivity index (χ0) is 16.8. The number of rotatable bonds is 7. The zero-order valence-electron chi connectivity index (χ0n) is 13.9. The Morgan fingerprint density at radius 3 is 2.78 bits per heavy atom. The first-order valence-corrected chi connectivity index (χ1v) is 8.24. The lowest BCUT2D eigenvalue weighted by Crippen LogP contribution is -2.34. The van der Waals surface area contributed by atoms with Crippen molar-refractivity contribution in [3.8, 4) is 5.75 Å². The van der Waals surface area contributed by atoms with Gasteiger partial charge < -0.3 is 15.0 Å². The smallest absolute Gasteiger partial charge is 0.265 e. The van der Waals surface area contributed by atoms with E-state index >= 15 is 0 Å². The molecule has 2 aromatic rings. The molecule has 0 aliphatic rings. The van der Waals surface area contributed by atoms with E-state index in [0.29, 0.717) is 17.8 Å². The van der Waals surface area contributed by atoms with Gasteiger partial charge in [-0.2, -0.15) is 0 Å². The molecule has 1 unspecified atom stereocenters. The molecule has 2 rings (SSSR count). The van der Waals surface area contributed by atoms with Crippen LogP contribution < -0.4 is 10.1 Å². The van der Waals surface area contributed by atoms with Gasteiger partial charge in [-0.1, -0.05) is 29.6 Å². The number of likely N-dealkylation sites (N-methyl/N-ethyl adjacent to an activating group) is 1. The van der Waals surface area contributed by atoms with Gasteiger partial charge in [0.1, 0.15) is 10.6 Å². The summed E-state index contributed by atoms with van der Waals surface area (Å²) in [4.78, 5) is 15.0. The van der Waals surface area contributed by atoms with E-state index in [0.717, 1.165) is 28.5 Å². The van der Waals surface area contributed by atoms with E-state index in [1.54, 1.807) is 7.11 Å². The van der Waals surface area contributed by atoms with E-state index in [4.69, 9.17) is 4.74 Å². The highest BCUT2D eigenvalue weighted by Crippen LogP contribution is 2.27. The van der Waals surface area contributed by atoms with E-state index in [2.05, 4.69) is 19.8 Å². The highest BCUT2D eigenvalue weighted by molar-refractivity contribution is 7.08. The number of aryl methyl sites for hydroxylation is 1. The fourth-order valence-electron chi connectivity index (χ4n) is 2.39. The van der Waals surface area contributed by atoms with Crippen molar-refractivity contribution >= 4 is 17.4 Å². The average Bonchev–Trinajstić information content (AvgIpc) is 3.03. The Labute approximate surface area is 140 Å². The minimum Gasteiger partial charge on any atom is -0.496 e. The summed E-state index contributed by atoms with van der Waals surface area (Å²) in [5.74, 6) is 0.688. The van der Waals surface area contributed by atoms with Crippen molar-refractivity contribution in [1.29, 1.82) is 0 Å². The van der Waals surface area contributed by atoms with E-state index < -0.39 is 0 Å². The number of nitrogens with zero attached hydrogens (tertiary/aromatic N) is 3. The number of ether oxygens (including phenoxy) is 1. The van der Waals surface area contributed by atoms with Crippen LogP contribution in [0.4, 0.5) is 0 Å². The van der Waals surface area contributed by atoms with E-state index in [1.807, 2.05) is 45.3 Å². The van der Waals surface area contributed by atoms with Crippen LogP contribution in [0.3, 0.4) is 0 Å². The van der Waals surface area contributed by atoms with Gasteiger partial charge >= 0.3 is 0 Å². The Bertz CT molecular complexity index is 657. The molecule has 0 saturated carbocycles. The third-order valence-electron chi connectivity index (χ3n) is 3.67. The Kier molecular flexibility index (Phi) is 6.06. The van der Waals surface area contributed by atoms with Crippen LogP contribution in [0, 0.1) is 0 Å². The second-order valence-electron chi connectivity index (χ2n) is 5.33. The molecule has 0 fully saturated rings. The molecule has 0 bridgehead atoms. The van der Waals surface area contributed by atoms with Crippen molar-refractivity contribution in [2.75, 3.05) is 27.7 Å². The molecule has 1 N–H and O–H groups in total. The van der Waals surface area contributed by atoms with Gasteiger partial charge in [-0.05, 0) is 38.1 Å². The monoisotopic (exact) mass is 334 g/mol. The van der Waals surface area contributed by atoms with E-state index in [1.165, 1.54) is 0 Å². The summed E-state index contributed by atoms with van der Waals surface area (Å²) < 4.78 is 9.30. The maximum atomic E-state index is 12.4. The van der Waals surface area contributed by atoms with Crippen LogP contribution in [0.25, 0.3) is 0 Å². The molecule has 7 heteroatoms. The third kappa shape index (κ3) is 4.05. The lowest BCUT2D eigenvalue weighted by Gasteiger charge is -2.26. The number of aromatic nitrogens is 2. The fraction of sp³-hybridized carbons (Fsp3) is 0.438. The van der Waals surface area contributed by atoms with Crippen molar-refractivity contribution in [1.82, 2.24) is 19.8 Å². The normalized spacial score (nSPS) is 12.2. The number of hydrogen-bond acceptors (Lipinski definition) is 6. The van der Waals surface area contributed by atoms with Gasteiger partial charge in [0, 0.05) is 12.1 Å². The van der Waals surface area contributed by atoms with Gasteiger partial charge in [0.05, 0.1) is 18.8 Å². The first kappa shape index (κ1) is 17.4. The molecular weight excluding hydrogens is 312 g/mol. The van der Waals surface area contributed by atoms with Crippen LogP contribution >= 0.6 is 11.5 Å². The molecule has 1 heterocycles. The van der Waals surface area contributed by atoms with Crippen LogP contribution in [-0.4, -0.2) is 48.1 Å². The molecule has 6 nitrogen and oxygen atoms in total. The second kappa shape index (κ2) is 8.03. The maximum absolute atomic E-state index is 12.4. The number of benzene rings is 1. The van der Waals surface area contributed by atoms with Crippen LogP contribution in [0.15, 0.2) is 24.3 Å². The Hall–Kier alpha value is -1.99. The van der Waals surface area contributed by atoms with Crippen molar-refractivity contribution in [2.45, 2.75) is 19.4 Å². The topological polar surface area (TPSA) is 67.3 Å². The molecule has 1 aromatic carbocycles. The minimum atomic E-state index is -0.126. The lowest BCUT2D eigenvalue weighted by molar-refractivity contribution is 0.0944. The van der Waals surface area contributed by atoms with Gasteiger partial charge in [0.2, 0.25) is 0 Å². The van der Waals surface area contributed by atoms with Crippen LogP contribution in [0.5, 0.6) is 5.75 Å². The molecule has 1 amide bonds. The number of carbonyl (C=O) groups is 1. The van der Waals surface area contributed by atoms with E-state index in [-0.39, 0.29) is 11.9 Å². The largest absolute Gasteiger partial charge is 0.496 e. The molecular formula is C16H22N4O2S. The van der Waals surface area contributed by atoms with Crippen molar-refractivity contribution < 1.29 is 9.53 Å². The number of nitrogens with one attached hydrogen (secondary N) is 1. The van der Waals surface area contributed by atoms with Crippen molar-refractivity contribution in [3.63, 3.8) is 0 Å². The first-order valence-electron chi connectivity index (χ1n) is 7.47. The molecule has 1 aromatic heterocycles. The molecule has 0 aliphatic heterocycles. The Balaban J connectivity index is 2.13. The molecule has 0 aliphatic carbocycles. The molecule has 23 heavy (non-hydrogen) atoms. The number of methoxy groups -OCH3 is 1. The summed E-state index contributed by atoms with van der Waals surface area (Å²) in [6.07, 6.45) is 0.697. The predicted molar refractivity (Wildman–Crippen MR) is 91.0 cm³/mol. The zero-order valence-corrected chi connectivity index (χ0v) is 14.7. The van der Waals surface area contributed by atoms with Gasteiger partial charge in [-0.25, -0.2) is 0 Å². The summed E-state index contributed by atoms with van der Waals surface area (Å²) >= 11 is 1.13. The number of amides is 1. The SMILES string of the molecule is CCc1nnsc1C(=O)NCC(c1ccccc1OC)N(C)C. The summed E-state index contributed by atoms with van der Waals surface area (Å²) in [7, 11) is 5.62. The minimum absolute atomic E-state index is 0.0149. The average molecular weight is 334 g/mol. The van der Waals surface area contributed by atoms with E-state index in [9.17, 15) is 4.79 Å². The number of carbonyl (C=O) groups excluding carboxylic acids is 1. The summed E-state index contributed by atoms with van der Waals surface area (Å²) in [5.41, 5.74) is 1.78. The fourth-order valence-corrected chi connectivity index (χ4v) is 3.06. The van der Waals surface area contributed by atoms with Crippen molar-refractivity contribution in [3.05, 3.63) is 40.4 Å². The maximum Gasteiger partial charge on any atom is 0.265 e. The summed E-state index contributed by atoms with van der Waals surface area (Å²) in [6, 6.07) is 7.86. The molecule has 0 radical (unpaired) electrons. The van der Waals surface area contributed by atoms with Crippen LogP contribution in [-0.2, 0) is 6.42 Å². The standard InChI is InChI=1S/C16H22N4O2S/c1-5-12-15(23-19-18-12)16(21)17-10-13(20(2)3)11-8-6-7-9-14(11)22-4/h6-9,13H,5,10H2,1-4H3,(H,17,21). The second-order valence-corrected chi connectivity index (χ2v) is 6.09.